The van der Waals surface area contributed by atoms with Gasteiger partial charge in [-0.1, -0.05) is 29.8 Å². The van der Waals surface area contributed by atoms with Gasteiger partial charge in [0.1, 0.15) is 11.4 Å². The number of nitrogens with one attached hydrogen (secondary N) is 1. The number of anilines is 1. The van der Waals surface area contributed by atoms with E-state index in [2.05, 4.69) is 31.2 Å². The van der Waals surface area contributed by atoms with Crippen LogP contribution in [-0.2, 0) is 43.1 Å². The fourth-order valence-corrected chi connectivity index (χ4v) is 9.60. The van der Waals surface area contributed by atoms with Crippen LogP contribution >= 0.6 is 11.6 Å². The van der Waals surface area contributed by atoms with E-state index in [1.165, 1.54) is 28.2 Å². The third-order valence-corrected chi connectivity index (χ3v) is 12.8. The number of aromatic nitrogens is 2. The molecule has 7 rings (SSSR count). The largest absolute Gasteiger partial charge is 0.490 e. The number of nitrogens with zero attached hydrogens (tertiary/aromatic N) is 4. The number of fused-ring (bicyclic) bond motifs is 4. The number of aryl methyl sites for hydroxylation is 2. The van der Waals surface area contributed by atoms with Crippen molar-refractivity contribution >= 4 is 39.0 Å². The lowest BCUT2D eigenvalue weighted by molar-refractivity contribution is -0.137. The number of carbonyl (C=O) groups is 2. The number of ether oxygens (including phenoxy) is 3. The molecule has 1 aromatic heterocycles. The van der Waals surface area contributed by atoms with E-state index in [0.29, 0.717) is 31.4 Å². The Labute approximate surface area is 298 Å². The van der Waals surface area contributed by atoms with Crippen LogP contribution in [0, 0.1) is 11.8 Å². The number of carbonyl (C=O) groups excluding carboxylic acids is 2. The molecule has 1 N–H and O–H groups in total. The van der Waals surface area contributed by atoms with Gasteiger partial charge in [-0.15, -0.1) is 4.36 Å². The first-order valence-electron chi connectivity index (χ1n) is 17.2. The van der Waals surface area contributed by atoms with Gasteiger partial charge in [0.2, 0.25) is 0 Å². The van der Waals surface area contributed by atoms with Gasteiger partial charge in [0.15, 0.2) is 9.92 Å². The van der Waals surface area contributed by atoms with Gasteiger partial charge in [0.25, 0.3) is 11.8 Å². The van der Waals surface area contributed by atoms with Crippen LogP contribution in [0.3, 0.4) is 0 Å². The van der Waals surface area contributed by atoms with Crippen LogP contribution in [-0.4, -0.2) is 70.9 Å². The quantitative estimate of drug-likeness (QED) is 0.344. The number of benzene rings is 2. The van der Waals surface area contributed by atoms with Crippen LogP contribution in [0.5, 0.6) is 5.75 Å². The van der Waals surface area contributed by atoms with Crippen molar-refractivity contribution in [3.05, 3.63) is 82.7 Å². The molecule has 11 nitrogen and oxygen atoms in total. The lowest BCUT2D eigenvalue weighted by Crippen LogP contribution is -2.49. The average Bonchev–Trinajstić information content (AvgIpc) is 3.45. The van der Waals surface area contributed by atoms with Gasteiger partial charge in [-0.3, -0.25) is 19.0 Å². The van der Waals surface area contributed by atoms with E-state index in [9.17, 15) is 9.59 Å². The average molecular weight is 722 g/mol. The fourth-order valence-electron chi connectivity index (χ4n) is 7.79. The highest BCUT2D eigenvalue weighted by molar-refractivity contribution is 7.92. The predicted molar refractivity (Wildman–Crippen MR) is 191 cm³/mol. The molecule has 0 radical (unpaired) electrons. The highest BCUT2D eigenvalue weighted by Crippen LogP contribution is 2.47. The van der Waals surface area contributed by atoms with Gasteiger partial charge in [-0.05, 0) is 99.2 Å². The van der Waals surface area contributed by atoms with Gasteiger partial charge in [-0.25, -0.2) is 4.21 Å². The standard InChI is InChI=1S/C37H44ClN5O6S/c1-36(2)35(45)41-50(46,40-34(44)26-19-39-42(3)20-26)28-11-14-33-31(18-28)43(21-25-9-12-29(25)32(47-4)8-6-16-49-36)22-37(23-48-33)15-5-7-24-17-27(38)10-13-30(24)37/h6,8,10-11,13-14,17-20,25,29,32H,5,7,9,12,15-16,21-23H2,1-4H3,(H,40,41,44,45,46)/t25-,29+,32-,37-,50?/m0/s1. The molecule has 0 saturated heterocycles. The Kier molecular flexibility index (Phi) is 9.34. The highest BCUT2D eigenvalue weighted by atomic mass is 35.5. The molecule has 1 fully saturated rings. The summed E-state index contributed by atoms with van der Waals surface area (Å²) in [4.78, 5) is 29.8. The van der Waals surface area contributed by atoms with Crippen LogP contribution < -0.4 is 14.4 Å². The van der Waals surface area contributed by atoms with Crippen molar-refractivity contribution in [1.29, 1.82) is 0 Å². The van der Waals surface area contributed by atoms with E-state index < -0.39 is 27.3 Å². The lowest BCUT2D eigenvalue weighted by atomic mass is 9.68. The molecule has 13 heteroatoms. The van der Waals surface area contributed by atoms with Gasteiger partial charge in [0, 0.05) is 43.9 Å². The number of hydrogen-bond acceptors (Lipinski definition) is 8. The highest BCUT2D eigenvalue weighted by Gasteiger charge is 2.44. The topological polar surface area (TPSA) is 124 Å². The Hall–Kier alpha value is -3.71. The molecule has 2 aromatic carbocycles. The van der Waals surface area contributed by atoms with Crippen molar-refractivity contribution in [3.63, 3.8) is 0 Å². The molecule has 5 atom stereocenters. The molecule has 1 unspecified atom stereocenters. The smallest absolute Gasteiger partial charge is 0.287 e. The van der Waals surface area contributed by atoms with E-state index in [1.54, 1.807) is 46.2 Å². The van der Waals surface area contributed by atoms with Crippen molar-refractivity contribution < 1.29 is 28.0 Å². The molecule has 2 aliphatic carbocycles. The molecule has 3 aromatic rings. The number of halogens is 1. The third-order valence-electron chi connectivity index (χ3n) is 10.7. The fraction of sp³-hybridized carbons (Fsp3) is 0.486. The second-order valence-corrected chi connectivity index (χ2v) is 16.8. The summed E-state index contributed by atoms with van der Waals surface area (Å²) in [6, 6.07) is 11.3. The summed E-state index contributed by atoms with van der Waals surface area (Å²) in [5.74, 6) is -0.201. The second kappa shape index (κ2) is 13.4. The molecule has 3 heterocycles. The first-order valence-corrected chi connectivity index (χ1v) is 19.1. The van der Waals surface area contributed by atoms with Crippen LogP contribution in [0.2, 0.25) is 5.02 Å². The van der Waals surface area contributed by atoms with Crippen LogP contribution in [0.25, 0.3) is 0 Å². The summed E-state index contributed by atoms with van der Waals surface area (Å²) >= 11 is 6.46. The number of methoxy groups -OCH3 is 1. The first kappa shape index (κ1) is 34.7. The third kappa shape index (κ3) is 6.58. The monoisotopic (exact) mass is 721 g/mol. The summed E-state index contributed by atoms with van der Waals surface area (Å²) in [6.07, 6.45) is 11.6. The van der Waals surface area contributed by atoms with E-state index >= 15 is 4.21 Å². The molecule has 2 bridgehead atoms. The molecule has 266 valence electrons. The predicted octanol–water partition coefficient (Wildman–Crippen LogP) is 5.65. The zero-order chi connectivity index (χ0) is 35.3. The Morgan fingerprint density at radius 1 is 1.18 bits per heavy atom. The molecule has 4 aliphatic rings. The van der Waals surface area contributed by atoms with Crippen molar-refractivity contribution in [3.8, 4) is 5.75 Å². The van der Waals surface area contributed by atoms with Crippen molar-refractivity contribution in [1.82, 2.24) is 14.5 Å². The summed E-state index contributed by atoms with van der Waals surface area (Å²) in [7, 11) is -0.465. The lowest BCUT2D eigenvalue weighted by Gasteiger charge is -2.46. The van der Waals surface area contributed by atoms with Crippen molar-refractivity contribution in [2.75, 3.05) is 38.3 Å². The van der Waals surface area contributed by atoms with Gasteiger partial charge in [0.05, 0.1) is 41.7 Å². The molecule has 2 aliphatic heterocycles. The van der Waals surface area contributed by atoms with Crippen molar-refractivity contribution in [2.45, 2.75) is 68.0 Å². The van der Waals surface area contributed by atoms with Crippen LogP contribution in [0.4, 0.5) is 5.69 Å². The first-order chi connectivity index (χ1) is 23.9. The van der Waals surface area contributed by atoms with E-state index in [4.69, 9.17) is 25.8 Å². The summed E-state index contributed by atoms with van der Waals surface area (Å²) in [5.41, 5.74) is 1.66. The number of rotatable bonds is 3. The minimum Gasteiger partial charge on any atom is -0.490 e. The van der Waals surface area contributed by atoms with E-state index in [-0.39, 0.29) is 34.5 Å². The summed E-state index contributed by atoms with van der Waals surface area (Å²) in [5, 5.41) is 4.80. The SMILES string of the molecule is CO[C@H]1C=CCOC(C)(C)C(=O)N=S(=O)(NC(=O)c2cnn(C)c2)c2ccc3c(c2)N(C[C@@H]2CC[C@H]21)C[C@@]1(CCCc2cc(Cl)ccc21)CO3. The Morgan fingerprint density at radius 2 is 2.02 bits per heavy atom. The molecule has 2 amide bonds. The molecule has 1 spiro atoms. The minimum absolute atomic E-state index is 0.115. The maximum atomic E-state index is 15.0. The van der Waals surface area contributed by atoms with Crippen LogP contribution in [0.15, 0.2) is 70.2 Å². The Morgan fingerprint density at radius 3 is 2.76 bits per heavy atom. The maximum absolute atomic E-state index is 15.0. The normalized spacial score (nSPS) is 29.1. The minimum atomic E-state index is -3.87. The Bertz CT molecular complexity index is 1970. The van der Waals surface area contributed by atoms with Gasteiger partial charge < -0.3 is 19.1 Å². The number of hydrogen-bond donors (Lipinski definition) is 1. The summed E-state index contributed by atoms with van der Waals surface area (Å²) in [6.45, 7) is 5.12. The maximum Gasteiger partial charge on any atom is 0.287 e. The van der Waals surface area contributed by atoms with E-state index in [0.717, 1.165) is 42.8 Å². The zero-order valence-electron chi connectivity index (χ0n) is 28.9. The molecular formula is C37H44ClN5O6S. The Balaban J connectivity index is 1.37. The van der Waals surface area contributed by atoms with Crippen LogP contribution in [0.1, 0.15) is 61.0 Å². The summed E-state index contributed by atoms with van der Waals surface area (Å²) < 4.78 is 41.9. The zero-order valence-corrected chi connectivity index (χ0v) is 30.5. The van der Waals surface area contributed by atoms with Gasteiger partial charge in [-0.2, -0.15) is 5.10 Å². The molecule has 1 saturated carbocycles. The van der Waals surface area contributed by atoms with E-state index in [1.807, 2.05) is 18.2 Å². The molecule has 50 heavy (non-hydrogen) atoms. The second-order valence-electron chi connectivity index (χ2n) is 14.4. The van der Waals surface area contributed by atoms with Crippen molar-refractivity contribution in [2.24, 2.45) is 23.2 Å². The number of amides is 2. The van der Waals surface area contributed by atoms with Gasteiger partial charge >= 0.3 is 0 Å². The molecular weight excluding hydrogens is 678 g/mol.